The van der Waals surface area contributed by atoms with E-state index in [2.05, 4.69) is 71.1 Å². The molecular formula is C18H34O4Si3. The predicted molar refractivity (Wildman–Crippen MR) is 110 cm³/mol. The zero-order valence-corrected chi connectivity index (χ0v) is 20.2. The fourth-order valence-corrected chi connectivity index (χ4v) is 6.09. The number of hydrogen-bond donors (Lipinski definition) is 0. The predicted octanol–water partition coefficient (Wildman–Crippen LogP) is 5.33. The molecule has 0 unspecified atom stereocenters. The fraction of sp³-hybridized carbons (Fsp3) is 0.667. The van der Waals surface area contributed by atoms with Crippen LogP contribution in [0.5, 0.6) is 0 Å². The first-order valence-corrected chi connectivity index (χ1v) is 19.2. The van der Waals surface area contributed by atoms with Gasteiger partial charge in [-0.2, -0.15) is 0 Å². The Morgan fingerprint density at radius 3 is 1.64 bits per heavy atom. The minimum Gasteiger partial charge on any atom is -0.404 e. The molecule has 1 heterocycles. The molecule has 25 heavy (non-hydrogen) atoms. The molecule has 142 valence electrons. The molecule has 1 fully saturated rings. The normalized spacial score (nSPS) is 24.0. The lowest BCUT2D eigenvalue weighted by Crippen LogP contribution is -2.70. The third-order valence-electron chi connectivity index (χ3n) is 3.42. The summed E-state index contributed by atoms with van der Waals surface area (Å²) in [5, 5.41) is 0. The van der Waals surface area contributed by atoms with Crippen LogP contribution in [0.2, 0.25) is 58.9 Å². The minimum atomic E-state index is -1.90. The van der Waals surface area contributed by atoms with E-state index in [1.54, 1.807) is 0 Å². The van der Waals surface area contributed by atoms with Crippen LogP contribution in [-0.2, 0) is 18.0 Å². The molecule has 4 nitrogen and oxygen atoms in total. The molecule has 1 aromatic carbocycles. The first-order chi connectivity index (χ1) is 11.2. The van der Waals surface area contributed by atoms with Crippen LogP contribution in [0.4, 0.5) is 0 Å². The number of rotatable bonds is 7. The van der Waals surface area contributed by atoms with Gasteiger partial charge in [-0.15, -0.1) is 0 Å². The molecule has 0 aromatic heterocycles. The lowest BCUT2D eigenvalue weighted by molar-refractivity contribution is -0.456. The molecule has 0 saturated carbocycles. The van der Waals surface area contributed by atoms with Gasteiger partial charge in [-0.3, -0.25) is 0 Å². The van der Waals surface area contributed by atoms with Gasteiger partial charge < -0.3 is 18.0 Å². The van der Waals surface area contributed by atoms with E-state index in [0.29, 0.717) is 0 Å². The highest BCUT2D eigenvalue weighted by molar-refractivity contribution is 6.71. The van der Waals surface area contributed by atoms with Gasteiger partial charge in [-0.25, -0.2) is 0 Å². The van der Waals surface area contributed by atoms with E-state index in [9.17, 15) is 0 Å². The summed E-state index contributed by atoms with van der Waals surface area (Å²) in [4.78, 5) is 0. The molecule has 1 aromatic rings. The van der Waals surface area contributed by atoms with Gasteiger partial charge in [-0.1, -0.05) is 30.3 Å². The first-order valence-electron chi connectivity index (χ1n) is 9.02. The van der Waals surface area contributed by atoms with Gasteiger partial charge in [0.25, 0.3) is 5.97 Å². The zero-order valence-electron chi connectivity index (χ0n) is 17.2. The van der Waals surface area contributed by atoms with Crippen LogP contribution in [0, 0.1) is 0 Å². The molecule has 7 heteroatoms. The van der Waals surface area contributed by atoms with E-state index < -0.39 is 30.9 Å². The van der Waals surface area contributed by atoms with Crippen LogP contribution in [0.1, 0.15) is 11.7 Å². The molecule has 0 bridgehead atoms. The van der Waals surface area contributed by atoms with E-state index >= 15 is 0 Å². The number of ether oxygens (including phenoxy) is 1. The van der Waals surface area contributed by atoms with Gasteiger partial charge in [0.1, 0.15) is 6.10 Å². The Morgan fingerprint density at radius 1 is 0.760 bits per heavy atom. The molecule has 2 rings (SSSR count). The van der Waals surface area contributed by atoms with Crippen molar-refractivity contribution in [3.63, 3.8) is 0 Å². The van der Waals surface area contributed by atoms with Gasteiger partial charge in [0.2, 0.25) is 0 Å². The lowest BCUT2D eigenvalue weighted by Gasteiger charge is -2.57. The average Bonchev–Trinajstić information content (AvgIpc) is 2.39. The highest BCUT2D eigenvalue weighted by atomic mass is 28.4. The zero-order chi connectivity index (χ0) is 19.1. The van der Waals surface area contributed by atoms with Crippen molar-refractivity contribution < 1.29 is 18.0 Å². The fourth-order valence-electron chi connectivity index (χ4n) is 2.86. The van der Waals surface area contributed by atoms with E-state index in [1.165, 1.54) is 0 Å². The second-order valence-electron chi connectivity index (χ2n) is 9.63. The minimum absolute atomic E-state index is 0.152. The molecule has 2 atom stereocenters. The lowest BCUT2D eigenvalue weighted by atomic mass is 9.97. The first kappa shape index (κ1) is 21.0. The van der Waals surface area contributed by atoms with Crippen molar-refractivity contribution >= 4 is 25.0 Å². The maximum absolute atomic E-state index is 6.56. The summed E-state index contributed by atoms with van der Waals surface area (Å²) in [6, 6.07) is 10.2. The second kappa shape index (κ2) is 7.03. The monoisotopic (exact) mass is 398 g/mol. The van der Waals surface area contributed by atoms with Gasteiger partial charge in [0.15, 0.2) is 31.1 Å². The van der Waals surface area contributed by atoms with E-state index in [1.807, 2.05) is 18.2 Å². The molecule has 0 N–H and O–H groups in total. The van der Waals surface area contributed by atoms with Gasteiger partial charge in [0, 0.05) is 0 Å². The van der Waals surface area contributed by atoms with E-state index in [-0.39, 0.29) is 12.2 Å². The summed E-state index contributed by atoms with van der Waals surface area (Å²) in [6.45, 7) is 19.5. The second-order valence-corrected chi connectivity index (χ2v) is 23.0. The van der Waals surface area contributed by atoms with Crippen molar-refractivity contribution in [2.45, 2.75) is 77.1 Å². The van der Waals surface area contributed by atoms with Crippen LogP contribution in [0.15, 0.2) is 30.3 Å². The largest absolute Gasteiger partial charge is 0.404 e. The summed E-state index contributed by atoms with van der Waals surface area (Å²) in [5.74, 6) is -1.07. The third-order valence-corrected chi connectivity index (χ3v) is 6.18. The maximum Gasteiger partial charge on any atom is 0.294 e. The molecule has 1 aliphatic rings. The van der Waals surface area contributed by atoms with Gasteiger partial charge in [0.05, 0.1) is 0 Å². The summed E-state index contributed by atoms with van der Waals surface area (Å²) in [6.07, 6.45) is -0.388. The summed E-state index contributed by atoms with van der Waals surface area (Å²) >= 11 is 0. The van der Waals surface area contributed by atoms with Crippen LogP contribution < -0.4 is 0 Å². The highest BCUT2D eigenvalue weighted by Crippen LogP contribution is 2.50. The van der Waals surface area contributed by atoms with Crippen LogP contribution in [0.25, 0.3) is 0 Å². The highest BCUT2D eigenvalue weighted by Gasteiger charge is 2.63. The SMILES string of the molecule is C[Si](C)(C)O[C@H]1[C@H](c2ccccc2)OC1(O[Si](C)(C)C)O[Si](C)(C)C. The van der Waals surface area contributed by atoms with Crippen LogP contribution in [-0.4, -0.2) is 37.0 Å². The molecule has 0 aliphatic carbocycles. The van der Waals surface area contributed by atoms with Crippen molar-refractivity contribution in [2.75, 3.05) is 0 Å². The van der Waals surface area contributed by atoms with Crippen molar-refractivity contribution in [1.29, 1.82) is 0 Å². The maximum atomic E-state index is 6.56. The molecular weight excluding hydrogens is 364 g/mol. The molecule has 0 spiro atoms. The van der Waals surface area contributed by atoms with Crippen LogP contribution >= 0.6 is 0 Å². The van der Waals surface area contributed by atoms with E-state index in [0.717, 1.165) is 5.56 Å². The topological polar surface area (TPSA) is 36.9 Å². The van der Waals surface area contributed by atoms with Gasteiger partial charge >= 0.3 is 0 Å². The molecule has 1 saturated heterocycles. The Hall–Kier alpha value is -0.289. The van der Waals surface area contributed by atoms with Crippen molar-refractivity contribution in [3.8, 4) is 0 Å². The van der Waals surface area contributed by atoms with Gasteiger partial charge in [-0.05, 0) is 64.5 Å². The molecule has 1 aliphatic heterocycles. The molecule has 0 amide bonds. The average molecular weight is 399 g/mol. The Balaban J connectivity index is 2.39. The van der Waals surface area contributed by atoms with Crippen molar-refractivity contribution in [3.05, 3.63) is 35.9 Å². The van der Waals surface area contributed by atoms with Crippen molar-refractivity contribution in [1.82, 2.24) is 0 Å². The Morgan fingerprint density at radius 2 is 1.24 bits per heavy atom. The Kier molecular flexibility index (Phi) is 5.91. The number of benzene rings is 1. The third kappa shape index (κ3) is 5.85. The summed E-state index contributed by atoms with van der Waals surface area (Å²) < 4.78 is 25.9. The standard InChI is InChI=1S/C18H34O4Si3/c1-23(2,3)20-17-16(15-13-11-10-12-14-15)19-18(17,21-24(4,5)6)22-25(7,8)9/h10-14,16-17H,1-9H3/t16-,17-/m0/s1. The smallest absolute Gasteiger partial charge is 0.294 e. The van der Waals surface area contributed by atoms with Crippen LogP contribution in [0.3, 0.4) is 0 Å². The summed E-state index contributed by atoms with van der Waals surface area (Å²) in [5.41, 5.74) is 1.11. The summed E-state index contributed by atoms with van der Waals surface area (Å²) in [7, 11) is -5.62. The Labute approximate surface area is 156 Å². The molecule has 0 radical (unpaired) electrons. The quantitative estimate of drug-likeness (QED) is 0.459. The van der Waals surface area contributed by atoms with Crippen molar-refractivity contribution in [2.24, 2.45) is 0 Å². The van der Waals surface area contributed by atoms with E-state index in [4.69, 9.17) is 18.0 Å². The number of hydrogen-bond acceptors (Lipinski definition) is 4. The Bertz CT molecular complexity index is 557.